The summed E-state index contributed by atoms with van der Waals surface area (Å²) in [4.78, 5) is 10.7. The quantitative estimate of drug-likeness (QED) is 0.830. The summed E-state index contributed by atoms with van der Waals surface area (Å²) >= 11 is 0. The summed E-state index contributed by atoms with van der Waals surface area (Å²) in [6.07, 6.45) is 0. The lowest BCUT2D eigenvalue weighted by molar-refractivity contribution is -0.139. The minimum atomic E-state index is -1.33. The van der Waals surface area contributed by atoms with Gasteiger partial charge in [0.1, 0.15) is 17.7 Å². The zero-order chi connectivity index (χ0) is 12.5. The van der Waals surface area contributed by atoms with E-state index in [4.69, 9.17) is 10.8 Å². The smallest absolute Gasteiger partial charge is 0.321 e. The summed E-state index contributed by atoms with van der Waals surface area (Å²) in [5.41, 5.74) is 5.34. The Morgan fingerprint density at radius 1 is 1.44 bits per heavy atom. The van der Waals surface area contributed by atoms with E-state index in [1.807, 2.05) is 0 Å². The molecule has 0 aromatic heterocycles. The van der Waals surface area contributed by atoms with Gasteiger partial charge in [0.2, 0.25) is 0 Å². The third kappa shape index (κ3) is 2.19. The van der Waals surface area contributed by atoms with E-state index in [-0.39, 0.29) is 11.1 Å². The fourth-order valence-corrected chi connectivity index (χ4v) is 1.49. The SMILES string of the molecule is Cc1ccc(F)c(C(C)[C@H](N)C(=O)O)c1F. The summed E-state index contributed by atoms with van der Waals surface area (Å²) in [5, 5.41) is 8.69. The van der Waals surface area contributed by atoms with Gasteiger partial charge >= 0.3 is 5.97 Å². The summed E-state index contributed by atoms with van der Waals surface area (Å²) < 4.78 is 27.1. The zero-order valence-corrected chi connectivity index (χ0v) is 9.00. The van der Waals surface area contributed by atoms with E-state index in [1.54, 1.807) is 0 Å². The van der Waals surface area contributed by atoms with Crippen molar-refractivity contribution in [3.8, 4) is 0 Å². The van der Waals surface area contributed by atoms with Crippen molar-refractivity contribution >= 4 is 5.97 Å². The Balaban J connectivity index is 3.22. The van der Waals surface area contributed by atoms with Crippen LogP contribution in [0.4, 0.5) is 8.78 Å². The monoisotopic (exact) mass is 229 g/mol. The van der Waals surface area contributed by atoms with Gasteiger partial charge in [-0.15, -0.1) is 0 Å². The number of hydrogen-bond acceptors (Lipinski definition) is 2. The predicted molar refractivity (Wildman–Crippen MR) is 55.1 cm³/mol. The first-order valence-electron chi connectivity index (χ1n) is 4.79. The molecule has 0 aliphatic heterocycles. The molecule has 2 atom stereocenters. The number of rotatable bonds is 3. The van der Waals surface area contributed by atoms with E-state index < -0.39 is 29.6 Å². The van der Waals surface area contributed by atoms with Gasteiger partial charge in [-0.1, -0.05) is 13.0 Å². The molecule has 1 rings (SSSR count). The van der Waals surface area contributed by atoms with E-state index in [0.717, 1.165) is 6.07 Å². The second-order valence-corrected chi connectivity index (χ2v) is 3.74. The number of benzene rings is 1. The van der Waals surface area contributed by atoms with Gasteiger partial charge < -0.3 is 10.8 Å². The molecular formula is C11H13F2NO2. The maximum absolute atomic E-state index is 13.6. The molecule has 3 nitrogen and oxygen atoms in total. The van der Waals surface area contributed by atoms with Crippen LogP contribution in [-0.4, -0.2) is 17.1 Å². The first-order valence-corrected chi connectivity index (χ1v) is 4.79. The third-order valence-corrected chi connectivity index (χ3v) is 2.60. The van der Waals surface area contributed by atoms with Crippen LogP contribution in [-0.2, 0) is 4.79 Å². The highest BCUT2D eigenvalue weighted by atomic mass is 19.1. The van der Waals surface area contributed by atoms with E-state index in [9.17, 15) is 13.6 Å². The Hall–Kier alpha value is -1.49. The first-order chi connectivity index (χ1) is 7.36. The fourth-order valence-electron chi connectivity index (χ4n) is 1.49. The van der Waals surface area contributed by atoms with Gasteiger partial charge in [-0.05, 0) is 18.6 Å². The van der Waals surface area contributed by atoms with Crippen molar-refractivity contribution in [2.24, 2.45) is 5.73 Å². The van der Waals surface area contributed by atoms with Crippen LogP contribution >= 0.6 is 0 Å². The molecule has 0 aliphatic carbocycles. The Bertz CT molecular complexity index is 421. The molecule has 3 N–H and O–H groups in total. The minimum Gasteiger partial charge on any atom is -0.480 e. The average Bonchev–Trinajstić information content (AvgIpc) is 2.22. The van der Waals surface area contributed by atoms with E-state index in [1.165, 1.54) is 19.9 Å². The third-order valence-electron chi connectivity index (χ3n) is 2.60. The largest absolute Gasteiger partial charge is 0.480 e. The average molecular weight is 229 g/mol. The molecule has 0 bridgehead atoms. The Morgan fingerprint density at radius 2 is 2.00 bits per heavy atom. The van der Waals surface area contributed by atoms with Gasteiger partial charge in [0.25, 0.3) is 0 Å². The van der Waals surface area contributed by atoms with Crippen LogP contribution < -0.4 is 5.73 Å². The highest BCUT2D eigenvalue weighted by Gasteiger charge is 2.27. The number of carbonyl (C=O) groups is 1. The number of carboxylic acids is 1. The molecule has 0 amide bonds. The molecule has 88 valence electrons. The maximum atomic E-state index is 13.6. The molecule has 1 aromatic rings. The van der Waals surface area contributed by atoms with Crippen LogP contribution in [0.25, 0.3) is 0 Å². The van der Waals surface area contributed by atoms with Crippen LogP contribution in [0.2, 0.25) is 0 Å². The first kappa shape index (κ1) is 12.6. The lowest BCUT2D eigenvalue weighted by atomic mass is 9.91. The molecule has 5 heteroatoms. The highest BCUT2D eigenvalue weighted by Crippen LogP contribution is 2.26. The fraction of sp³-hybridized carbons (Fsp3) is 0.364. The predicted octanol–water partition coefficient (Wildman–Crippen LogP) is 1.79. The van der Waals surface area contributed by atoms with Gasteiger partial charge in [0, 0.05) is 11.5 Å². The highest BCUT2D eigenvalue weighted by molar-refractivity contribution is 5.74. The number of halogens is 2. The molecule has 0 spiro atoms. The second kappa shape index (κ2) is 4.57. The number of aryl methyl sites for hydroxylation is 1. The summed E-state index contributed by atoms with van der Waals surface area (Å²) in [5.74, 6) is -3.71. The normalized spacial score (nSPS) is 14.6. The molecule has 16 heavy (non-hydrogen) atoms. The lowest BCUT2D eigenvalue weighted by Crippen LogP contribution is -2.36. The molecule has 0 saturated carbocycles. The van der Waals surface area contributed by atoms with Gasteiger partial charge in [0.15, 0.2) is 0 Å². The van der Waals surface area contributed by atoms with Crippen LogP contribution in [0, 0.1) is 18.6 Å². The van der Waals surface area contributed by atoms with Crippen molar-refractivity contribution in [2.45, 2.75) is 25.8 Å². The van der Waals surface area contributed by atoms with Crippen LogP contribution in [0.3, 0.4) is 0 Å². The molecule has 0 aliphatic rings. The molecule has 1 aromatic carbocycles. The number of carboxylic acid groups (broad SMARTS) is 1. The van der Waals surface area contributed by atoms with Gasteiger partial charge in [-0.2, -0.15) is 0 Å². The van der Waals surface area contributed by atoms with Crippen molar-refractivity contribution in [3.63, 3.8) is 0 Å². The van der Waals surface area contributed by atoms with Crippen molar-refractivity contribution in [2.75, 3.05) is 0 Å². The molecule has 1 unspecified atom stereocenters. The van der Waals surface area contributed by atoms with Crippen LogP contribution in [0.1, 0.15) is 24.0 Å². The van der Waals surface area contributed by atoms with Gasteiger partial charge in [-0.3, -0.25) is 4.79 Å². The minimum absolute atomic E-state index is 0.265. The molecule has 0 radical (unpaired) electrons. The van der Waals surface area contributed by atoms with Crippen LogP contribution in [0.15, 0.2) is 12.1 Å². The molecule has 0 fully saturated rings. The van der Waals surface area contributed by atoms with Gasteiger partial charge in [0.05, 0.1) is 0 Å². The summed E-state index contributed by atoms with van der Waals surface area (Å²) in [7, 11) is 0. The lowest BCUT2D eigenvalue weighted by Gasteiger charge is -2.18. The Labute approximate surface area is 91.9 Å². The molecule has 0 saturated heterocycles. The topological polar surface area (TPSA) is 63.3 Å². The van der Waals surface area contributed by atoms with E-state index >= 15 is 0 Å². The van der Waals surface area contributed by atoms with Crippen molar-refractivity contribution < 1.29 is 18.7 Å². The summed E-state index contributed by atoms with van der Waals surface area (Å²) in [6.45, 7) is 2.87. The van der Waals surface area contributed by atoms with Gasteiger partial charge in [-0.25, -0.2) is 8.78 Å². The van der Waals surface area contributed by atoms with Crippen molar-refractivity contribution in [3.05, 3.63) is 34.9 Å². The molecule has 0 heterocycles. The van der Waals surface area contributed by atoms with Crippen molar-refractivity contribution in [1.29, 1.82) is 0 Å². The second-order valence-electron chi connectivity index (χ2n) is 3.74. The van der Waals surface area contributed by atoms with Crippen LogP contribution in [0.5, 0.6) is 0 Å². The number of nitrogens with two attached hydrogens (primary N) is 1. The van der Waals surface area contributed by atoms with E-state index in [0.29, 0.717) is 0 Å². The van der Waals surface area contributed by atoms with Crippen molar-refractivity contribution in [1.82, 2.24) is 0 Å². The zero-order valence-electron chi connectivity index (χ0n) is 9.00. The standard InChI is InChI=1S/C11H13F2NO2/c1-5-3-4-7(12)8(9(5)13)6(2)10(14)11(15)16/h3-4,6,10H,14H2,1-2H3,(H,15,16)/t6?,10-/m0/s1. The molecular weight excluding hydrogens is 216 g/mol. The summed E-state index contributed by atoms with van der Waals surface area (Å²) in [6, 6.07) is 1.08. The number of hydrogen-bond donors (Lipinski definition) is 2. The number of aliphatic carboxylic acids is 1. The maximum Gasteiger partial charge on any atom is 0.321 e. The Kier molecular flexibility index (Phi) is 3.59. The Morgan fingerprint density at radius 3 is 2.50 bits per heavy atom. The van der Waals surface area contributed by atoms with E-state index in [2.05, 4.69) is 0 Å².